The number of nitrogens with one attached hydrogen (secondary N) is 11. The third-order valence-corrected chi connectivity index (χ3v) is 16.7. The Morgan fingerprint density at radius 3 is 1.20 bits per heavy atom. The van der Waals surface area contributed by atoms with Crippen molar-refractivity contribution in [3.05, 3.63) is 0 Å². The number of amides is 9. The van der Waals surface area contributed by atoms with Gasteiger partial charge in [-0.15, -0.1) is 0 Å². The maximum Gasteiger partial charge on any atom is 0.243 e. The van der Waals surface area contributed by atoms with Crippen molar-refractivity contribution in [3.8, 4) is 0 Å². The second-order valence-corrected chi connectivity index (χ2v) is 26.4. The normalized spacial score (nSPS) is 13.4. The average Bonchev–Trinajstić information content (AvgIpc) is 0.951. The first-order valence-electron chi connectivity index (χ1n) is 36.1. The first kappa shape index (κ1) is 90.0. The Labute approximate surface area is 575 Å². The molecule has 0 bridgehead atoms. The largest absolute Gasteiger partial charge is 0.356 e. The molecule has 0 fully saturated rings. The highest BCUT2D eigenvalue weighted by Crippen LogP contribution is 2.23. The zero-order chi connectivity index (χ0) is 72.4. The van der Waals surface area contributed by atoms with E-state index in [9.17, 15) is 57.5 Å². The molecule has 15 N–H and O–H groups in total. The number of Topliss-reactive ketones (excluding diaryl/α,β-unsaturated/α-hetero) is 3. The molecule has 0 aromatic carbocycles. The van der Waals surface area contributed by atoms with Crippen molar-refractivity contribution in [1.82, 2.24) is 68.3 Å². The number of nitrogens with zero attached hydrogens (tertiary/aromatic N) is 2. The molecule has 27 heteroatoms. The molecule has 96 heavy (non-hydrogen) atoms. The molecule has 0 spiro atoms. The van der Waals surface area contributed by atoms with E-state index >= 15 is 0 Å². The molecule has 6 atom stereocenters. The van der Waals surface area contributed by atoms with Crippen molar-refractivity contribution in [3.63, 3.8) is 0 Å². The van der Waals surface area contributed by atoms with Crippen LogP contribution in [-0.2, 0) is 57.5 Å². The van der Waals surface area contributed by atoms with Gasteiger partial charge in [-0.1, -0.05) is 72.6 Å². The highest BCUT2D eigenvalue weighted by molar-refractivity contribution is 5.99. The van der Waals surface area contributed by atoms with Crippen molar-refractivity contribution >= 4 is 70.5 Å². The standard InChI is InChI=1S/C69H131N15O12/c1-13-17-20-22-27-74-63(90)47-59(69(96)82-58(68(95)79-34-32-73-30-25-71)46-57(86)41-54(66(93)77-26-19-15-3)44-62(89)75-33-31-72-29-24-70)81-64(91)45-55(67(94)78-28-23-21-18-14-2)42-60(87)53(43-61(88)76-35-37-83(48(5)6)49(7)8)40-56(85)39-52(16-4)65(92)80-36-38-84(50(9)10)51(11)12/h48-55,58-59,72-73H,13-47,70-71H2,1-12H3,(H,74,90)(H,75,89)(H,76,88)(H,77,93)(H,78,94)(H,79,95)(H,80,92)(H,81,91)(H,82,96). The number of unbranched alkanes of at least 4 members (excludes halogenated alkanes) is 7. The molecule has 0 radical (unpaired) electrons. The topological polar surface area (TPSA) is 396 Å². The van der Waals surface area contributed by atoms with Crippen LogP contribution in [0.15, 0.2) is 0 Å². The third kappa shape index (κ3) is 42.6. The number of hydrogen-bond donors (Lipinski definition) is 13. The van der Waals surface area contributed by atoms with Crippen molar-refractivity contribution in [2.45, 2.75) is 248 Å². The lowest BCUT2D eigenvalue weighted by atomic mass is 9.84. The highest BCUT2D eigenvalue weighted by Gasteiger charge is 2.36. The monoisotopic (exact) mass is 1360 g/mol. The lowest BCUT2D eigenvalue weighted by Crippen LogP contribution is -2.56. The zero-order valence-corrected chi connectivity index (χ0v) is 61.0. The van der Waals surface area contributed by atoms with Gasteiger partial charge < -0.3 is 70.0 Å². The number of carbonyl (C=O) groups is 12. The molecule has 0 aliphatic rings. The minimum absolute atomic E-state index is 0.0331. The molecule has 0 saturated heterocycles. The van der Waals surface area contributed by atoms with E-state index in [2.05, 4.69) is 96.0 Å². The fourth-order valence-corrected chi connectivity index (χ4v) is 11.2. The van der Waals surface area contributed by atoms with Crippen molar-refractivity contribution in [2.75, 3.05) is 98.2 Å². The molecule has 0 saturated carbocycles. The third-order valence-electron chi connectivity index (χ3n) is 16.7. The Balaban J connectivity index is 7.48. The van der Waals surface area contributed by atoms with Gasteiger partial charge in [0, 0.05) is 186 Å². The van der Waals surface area contributed by atoms with E-state index in [4.69, 9.17) is 11.5 Å². The van der Waals surface area contributed by atoms with Crippen LogP contribution < -0.4 is 70.0 Å². The molecule has 0 heterocycles. The van der Waals surface area contributed by atoms with Gasteiger partial charge in [-0.3, -0.25) is 67.3 Å². The molecule has 0 aliphatic heterocycles. The lowest BCUT2D eigenvalue weighted by Gasteiger charge is -2.30. The fraction of sp³-hybridized carbons (Fsp3) is 0.826. The Morgan fingerprint density at radius 1 is 0.312 bits per heavy atom. The van der Waals surface area contributed by atoms with Crippen LogP contribution in [0.2, 0.25) is 0 Å². The van der Waals surface area contributed by atoms with Crippen LogP contribution in [0.25, 0.3) is 0 Å². The summed E-state index contributed by atoms with van der Waals surface area (Å²) in [7, 11) is 0. The molecule has 554 valence electrons. The molecular formula is C69H131N15O12. The number of hydrogen-bond acceptors (Lipinski definition) is 18. The predicted octanol–water partition coefficient (Wildman–Crippen LogP) is 2.16. The summed E-state index contributed by atoms with van der Waals surface area (Å²) in [5.74, 6) is -12.3. The van der Waals surface area contributed by atoms with Gasteiger partial charge in [0.1, 0.15) is 29.4 Å². The summed E-state index contributed by atoms with van der Waals surface area (Å²) in [5, 5.41) is 31.0. The smallest absolute Gasteiger partial charge is 0.243 e. The second-order valence-electron chi connectivity index (χ2n) is 26.4. The Kier molecular flexibility index (Phi) is 51.5. The summed E-state index contributed by atoms with van der Waals surface area (Å²) >= 11 is 0. The minimum atomic E-state index is -1.72. The van der Waals surface area contributed by atoms with Crippen molar-refractivity contribution < 1.29 is 57.5 Å². The summed E-state index contributed by atoms with van der Waals surface area (Å²) in [6, 6.07) is -2.53. The molecule has 0 aromatic heterocycles. The van der Waals surface area contributed by atoms with Crippen LogP contribution in [0, 0.1) is 23.7 Å². The second kappa shape index (κ2) is 54.9. The van der Waals surface area contributed by atoms with Gasteiger partial charge in [-0.25, -0.2) is 0 Å². The van der Waals surface area contributed by atoms with E-state index < -0.39 is 145 Å². The number of carbonyl (C=O) groups excluding carboxylic acids is 12. The van der Waals surface area contributed by atoms with Crippen LogP contribution in [0.5, 0.6) is 0 Å². The molecule has 27 nitrogen and oxygen atoms in total. The Morgan fingerprint density at radius 2 is 0.688 bits per heavy atom. The SMILES string of the molecule is CCCCCCNC(=O)CC(NC(=O)CC(CC(=O)C(CC(=O)CC(CC)C(=O)NCCN(C(C)C)C(C)C)CC(=O)NCCN(C(C)C)C(C)C)C(=O)NCCCCCC)C(=O)NC(CC(=O)CC(CC(=O)NCCNCCN)C(=O)NCCCC)C(=O)NCCNCCN. The first-order chi connectivity index (χ1) is 45.7. The van der Waals surface area contributed by atoms with Gasteiger partial charge in [0.25, 0.3) is 0 Å². The molecule has 6 unspecified atom stereocenters. The highest BCUT2D eigenvalue weighted by atomic mass is 16.2. The van der Waals surface area contributed by atoms with Crippen molar-refractivity contribution in [1.29, 1.82) is 0 Å². The van der Waals surface area contributed by atoms with E-state index in [1.165, 1.54) is 0 Å². The van der Waals surface area contributed by atoms with E-state index in [0.29, 0.717) is 84.6 Å². The Bertz CT molecular complexity index is 2280. The average molecular weight is 1360 g/mol. The summed E-state index contributed by atoms with van der Waals surface area (Å²) in [6.45, 7) is 29.3. The Hall–Kier alpha value is -6.00. The molecule has 0 aromatic rings. The summed E-state index contributed by atoms with van der Waals surface area (Å²) in [5.41, 5.74) is 11.2. The van der Waals surface area contributed by atoms with Crippen LogP contribution in [0.1, 0.15) is 212 Å². The van der Waals surface area contributed by atoms with Crippen LogP contribution >= 0.6 is 0 Å². The van der Waals surface area contributed by atoms with E-state index in [1.807, 2.05) is 48.5 Å². The quantitative estimate of drug-likeness (QED) is 0.0388. The van der Waals surface area contributed by atoms with Crippen LogP contribution in [-0.4, -0.2) is 215 Å². The molecule has 9 amide bonds. The maximum atomic E-state index is 14.8. The maximum absolute atomic E-state index is 14.8. The van der Waals surface area contributed by atoms with Gasteiger partial charge in [0.15, 0.2) is 0 Å². The lowest BCUT2D eigenvalue weighted by molar-refractivity contribution is -0.138. The summed E-state index contributed by atoms with van der Waals surface area (Å²) in [6.07, 6.45) is 3.62. The van der Waals surface area contributed by atoms with Gasteiger partial charge in [-0.05, 0) is 81.1 Å². The van der Waals surface area contributed by atoms with E-state index in [0.717, 1.165) is 44.9 Å². The molecular weight excluding hydrogens is 1230 g/mol. The van der Waals surface area contributed by atoms with E-state index in [1.54, 1.807) is 6.92 Å². The van der Waals surface area contributed by atoms with Crippen LogP contribution in [0.4, 0.5) is 0 Å². The minimum Gasteiger partial charge on any atom is -0.356 e. The van der Waals surface area contributed by atoms with Gasteiger partial charge in [0.2, 0.25) is 53.2 Å². The van der Waals surface area contributed by atoms with Crippen LogP contribution in [0.3, 0.4) is 0 Å². The van der Waals surface area contributed by atoms with Gasteiger partial charge in [-0.2, -0.15) is 0 Å². The first-order valence-corrected chi connectivity index (χ1v) is 36.1. The number of nitrogens with two attached hydrogens (primary N) is 2. The predicted molar refractivity (Wildman–Crippen MR) is 377 cm³/mol. The number of ketones is 3. The van der Waals surface area contributed by atoms with Gasteiger partial charge in [0.05, 0.1) is 18.3 Å². The molecule has 0 rings (SSSR count). The summed E-state index contributed by atoms with van der Waals surface area (Å²) < 4.78 is 0. The summed E-state index contributed by atoms with van der Waals surface area (Å²) in [4.78, 5) is 173. The van der Waals surface area contributed by atoms with Gasteiger partial charge >= 0.3 is 0 Å². The van der Waals surface area contributed by atoms with Crippen molar-refractivity contribution in [2.24, 2.45) is 35.1 Å². The van der Waals surface area contributed by atoms with E-state index in [-0.39, 0.29) is 82.2 Å². The zero-order valence-electron chi connectivity index (χ0n) is 61.0. The number of rotatable bonds is 60. The molecule has 0 aliphatic carbocycles. The fourth-order valence-electron chi connectivity index (χ4n) is 11.2.